The van der Waals surface area contributed by atoms with Crippen molar-refractivity contribution in [3.05, 3.63) is 95.6 Å². The molecule has 3 aromatic carbocycles. The van der Waals surface area contributed by atoms with Crippen LogP contribution in [0.25, 0.3) is 0 Å². The van der Waals surface area contributed by atoms with Gasteiger partial charge in [-0.2, -0.15) is 0 Å². The quantitative estimate of drug-likeness (QED) is 0.589. The summed E-state index contributed by atoms with van der Waals surface area (Å²) in [5.74, 6) is 0.864. The second kappa shape index (κ2) is 7.96. The summed E-state index contributed by atoms with van der Waals surface area (Å²) in [5.41, 5.74) is 2.00. The second-order valence-corrected chi connectivity index (χ2v) is 6.40. The van der Waals surface area contributed by atoms with Crippen molar-refractivity contribution in [2.24, 2.45) is 0 Å². The highest BCUT2D eigenvalue weighted by Gasteiger charge is 2.34. The third-order valence-corrected chi connectivity index (χ3v) is 4.53. The van der Waals surface area contributed by atoms with E-state index in [1.165, 1.54) is 4.90 Å². The molecule has 1 aliphatic rings. The van der Waals surface area contributed by atoms with Gasteiger partial charge in [0.15, 0.2) is 0 Å². The SMILES string of the molecule is O=C1c2ccccc2C(=O)N1CCOc1ccc(OCc2ccccc2)cc1. The highest BCUT2D eigenvalue weighted by molar-refractivity contribution is 6.21. The fraction of sp³-hybridized carbons (Fsp3) is 0.130. The number of benzene rings is 3. The van der Waals surface area contributed by atoms with E-state index < -0.39 is 0 Å². The number of imide groups is 1. The summed E-state index contributed by atoms with van der Waals surface area (Å²) in [6, 6.07) is 24.1. The van der Waals surface area contributed by atoms with Crippen molar-refractivity contribution in [2.75, 3.05) is 13.2 Å². The highest BCUT2D eigenvalue weighted by Crippen LogP contribution is 2.23. The van der Waals surface area contributed by atoms with Crippen molar-refractivity contribution in [2.45, 2.75) is 6.61 Å². The van der Waals surface area contributed by atoms with E-state index in [1.807, 2.05) is 54.6 Å². The number of nitrogens with zero attached hydrogens (tertiary/aromatic N) is 1. The molecule has 5 heteroatoms. The molecule has 0 atom stereocenters. The fourth-order valence-corrected chi connectivity index (χ4v) is 3.07. The van der Waals surface area contributed by atoms with Crippen LogP contribution in [0.4, 0.5) is 0 Å². The molecule has 0 saturated carbocycles. The van der Waals surface area contributed by atoms with Crippen LogP contribution < -0.4 is 9.47 Å². The molecule has 2 amide bonds. The van der Waals surface area contributed by atoms with Crippen molar-refractivity contribution in [3.8, 4) is 11.5 Å². The van der Waals surface area contributed by atoms with Gasteiger partial charge in [0.1, 0.15) is 24.7 Å². The Morgan fingerprint density at radius 1 is 0.643 bits per heavy atom. The van der Waals surface area contributed by atoms with Gasteiger partial charge in [-0.1, -0.05) is 42.5 Å². The molecule has 0 bridgehead atoms. The van der Waals surface area contributed by atoms with Gasteiger partial charge in [0.2, 0.25) is 0 Å². The van der Waals surface area contributed by atoms with Gasteiger partial charge in [-0.15, -0.1) is 0 Å². The number of carbonyl (C=O) groups excluding carboxylic acids is 2. The van der Waals surface area contributed by atoms with Gasteiger partial charge in [-0.05, 0) is 42.0 Å². The second-order valence-electron chi connectivity index (χ2n) is 6.40. The van der Waals surface area contributed by atoms with Gasteiger partial charge in [0, 0.05) is 0 Å². The largest absolute Gasteiger partial charge is 0.492 e. The summed E-state index contributed by atoms with van der Waals surface area (Å²) in [6.45, 7) is 0.940. The molecule has 0 saturated heterocycles. The first-order chi connectivity index (χ1) is 13.7. The van der Waals surface area contributed by atoms with E-state index in [2.05, 4.69) is 0 Å². The monoisotopic (exact) mass is 373 g/mol. The van der Waals surface area contributed by atoms with E-state index in [0.29, 0.717) is 23.5 Å². The number of hydrogen-bond donors (Lipinski definition) is 0. The molecule has 0 unspecified atom stereocenters. The first-order valence-corrected chi connectivity index (χ1v) is 9.07. The minimum absolute atomic E-state index is 0.207. The van der Waals surface area contributed by atoms with Gasteiger partial charge in [0.25, 0.3) is 11.8 Å². The Balaban J connectivity index is 1.28. The molecule has 0 radical (unpaired) electrons. The molecule has 1 heterocycles. The summed E-state index contributed by atoms with van der Waals surface area (Å²) < 4.78 is 11.4. The van der Waals surface area contributed by atoms with Crippen LogP contribution in [-0.4, -0.2) is 29.9 Å². The molecule has 1 aliphatic heterocycles. The normalized spacial score (nSPS) is 12.8. The summed E-state index contributed by atoms with van der Waals surface area (Å²) >= 11 is 0. The third kappa shape index (κ3) is 3.74. The summed E-state index contributed by atoms with van der Waals surface area (Å²) in [4.78, 5) is 25.9. The lowest BCUT2D eigenvalue weighted by molar-refractivity contribution is 0.0631. The molecule has 0 aliphatic carbocycles. The van der Waals surface area contributed by atoms with Crippen LogP contribution in [0.3, 0.4) is 0 Å². The Bertz CT molecular complexity index is 948. The van der Waals surface area contributed by atoms with E-state index in [1.54, 1.807) is 24.3 Å². The molecule has 4 rings (SSSR count). The molecule has 140 valence electrons. The van der Waals surface area contributed by atoms with Crippen molar-refractivity contribution in [1.29, 1.82) is 0 Å². The molecule has 0 N–H and O–H groups in total. The molecule has 0 aromatic heterocycles. The number of rotatable bonds is 7. The van der Waals surface area contributed by atoms with Crippen molar-refractivity contribution in [1.82, 2.24) is 4.90 Å². The summed E-state index contributed by atoms with van der Waals surface area (Å²) in [6.07, 6.45) is 0. The van der Waals surface area contributed by atoms with Crippen molar-refractivity contribution >= 4 is 11.8 Å². The van der Waals surface area contributed by atoms with E-state index in [0.717, 1.165) is 11.3 Å². The number of hydrogen-bond acceptors (Lipinski definition) is 4. The van der Waals surface area contributed by atoms with Crippen molar-refractivity contribution < 1.29 is 19.1 Å². The van der Waals surface area contributed by atoms with Crippen LogP contribution in [0.5, 0.6) is 11.5 Å². The van der Waals surface area contributed by atoms with E-state index in [4.69, 9.17) is 9.47 Å². The molecule has 0 fully saturated rings. The molecule has 5 nitrogen and oxygen atoms in total. The lowest BCUT2D eigenvalue weighted by Crippen LogP contribution is -2.33. The smallest absolute Gasteiger partial charge is 0.261 e. The summed E-state index contributed by atoms with van der Waals surface area (Å²) in [5, 5.41) is 0. The highest BCUT2D eigenvalue weighted by atomic mass is 16.5. The van der Waals surface area contributed by atoms with Gasteiger partial charge in [-0.3, -0.25) is 14.5 Å². The van der Waals surface area contributed by atoms with Crippen LogP contribution in [-0.2, 0) is 6.61 Å². The molecule has 28 heavy (non-hydrogen) atoms. The Labute approximate surface area is 163 Å². The zero-order valence-corrected chi connectivity index (χ0v) is 15.2. The third-order valence-electron chi connectivity index (χ3n) is 4.53. The number of ether oxygens (including phenoxy) is 2. The van der Waals surface area contributed by atoms with Gasteiger partial charge in [-0.25, -0.2) is 0 Å². The lowest BCUT2D eigenvalue weighted by Gasteiger charge is -2.14. The maximum Gasteiger partial charge on any atom is 0.261 e. The van der Waals surface area contributed by atoms with Crippen molar-refractivity contribution in [3.63, 3.8) is 0 Å². The average Bonchev–Trinajstić information content (AvgIpc) is 2.99. The maximum atomic E-state index is 12.3. The predicted octanol–water partition coefficient (Wildman–Crippen LogP) is 3.94. The lowest BCUT2D eigenvalue weighted by atomic mass is 10.1. The van der Waals surface area contributed by atoms with Crippen LogP contribution in [0.2, 0.25) is 0 Å². The van der Waals surface area contributed by atoms with Gasteiger partial charge < -0.3 is 9.47 Å². The van der Waals surface area contributed by atoms with Crippen LogP contribution in [0.1, 0.15) is 26.3 Å². The first kappa shape index (κ1) is 17.8. The van der Waals surface area contributed by atoms with Gasteiger partial charge in [0.05, 0.1) is 17.7 Å². The Morgan fingerprint density at radius 3 is 1.79 bits per heavy atom. The molecular weight excluding hydrogens is 354 g/mol. The van der Waals surface area contributed by atoms with Crippen LogP contribution in [0.15, 0.2) is 78.9 Å². The topological polar surface area (TPSA) is 55.8 Å². The predicted molar refractivity (Wildman–Crippen MR) is 105 cm³/mol. The Hall–Kier alpha value is -3.60. The number of carbonyl (C=O) groups is 2. The standard InChI is InChI=1S/C23H19NO4/c25-22-20-8-4-5-9-21(20)23(26)24(22)14-15-27-18-10-12-19(13-11-18)28-16-17-6-2-1-3-7-17/h1-13H,14-16H2. The van der Waals surface area contributed by atoms with E-state index in [-0.39, 0.29) is 25.0 Å². The zero-order valence-electron chi connectivity index (χ0n) is 15.2. The molecular formula is C23H19NO4. The molecule has 0 spiro atoms. The average molecular weight is 373 g/mol. The summed E-state index contributed by atoms with van der Waals surface area (Å²) in [7, 11) is 0. The number of amides is 2. The maximum absolute atomic E-state index is 12.3. The van der Waals surface area contributed by atoms with E-state index in [9.17, 15) is 9.59 Å². The van der Waals surface area contributed by atoms with E-state index >= 15 is 0 Å². The number of fused-ring (bicyclic) bond motifs is 1. The van der Waals surface area contributed by atoms with Crippen LogP contribution >= 0.6 is 0 Å². The Morgan fingerprint density at radius 2 is 1.18 bits per heavy atom. The minimum Gasteiger partial charge on any atom is -0.492 e. The molecule has 3 aromatic rings. The Kier molecular flexibility index (Phi) is 5.06. The fourth-order valence-electron chi connectivity index (χ4n) is 3.07. The minimum atomic E-state index is -0.270. The first-order valence-electron chi connectivity index (χ1n) is 9.07. The zero-order chi connectivity index (χ0) is 19.3. The van der Waals surface area contributed by atoms with Gasteiger partial charge >= 0.3 is 0 Å². The van der Waals surface area contributed by atoms with Crippen LogP contribution in [0, 0.1) is 0 Å².